The number of azo groups is 1. The number of ketones is 1. The Bertz CT molecular complexity index is 893. The molecule has 0 spiro atoms. The van der Waals surface area contributed by atoms with Crippen LogP contribution in [0.5, 0.6) is 5.75 Å². The molecule has 1 aromatic heterocycles. The molecule has 0 aliphatic carbocycles. The van der Waals surface area contributed by atoms with Crippen LogP contribution in [-0.2, 0) is 4.79 Å². The third kappa shape index (κ3) is 5.30. The molecule has 0 saturated heterocycles. The lowest BCUT2D eigenvalue weighted by Crippen LogP contribution is -2.17. The minimum absolute atomic E-state index is 0.00488. The average molecular weight is 545 g/mol. The summed E-state index contributed by atoms with van der Waals surface area (Å²) in [6.45, 7) is 1.15. The monoisotopic (exact) mass is 544 g/mol. The Kier molecular flexibility index (Phi) is 6.44. The molecule has 2 aromatic rings. The summed E-state index contributed by atoms with van der Waals surface area (Å²) in [6.07, 6.45) is -3.58. The fraction of sp³-hybridized carbons (Fsp3) is 0.133. The number of allylic oxidation sites excluding steroid dienone is 1. The number of furan rings is 1. The van der Waals surface area contributed by atoms with Gasteiger partial charge in [0.2, 0.25) is 0 Å². The first kappa shape index (κ1) is 20.4. The lowest BCUT2D eigenvalue weighted by molar-refractivity contribution is -0.274. The van der Waals surface area contributed by atoms with Crippen LogP contribution in [0.15, 0.2) is 55.3 Å². The maximum Gasteiger partial charge on any atom is 0.573 e. The van der Waals surface area contributed by atoms with E-state index >= 15 is 0 Å². The van der Waals surface area contributed by atoms with Crippen LogP contribution in [0.25, 0.3) is 5.76 Å². The van der Waals surface area contributed by atoms with Crippen molar-refractivity contribution in [3.8, 4) is 5.75 Å². The highest BCUT2D eigenvalue weighted by Crippen LogP contribution is 2.32. The Hall–Kier alpha value is -1.89. The molecule has 0 aliphatic heterocycles. The van der Waals surface area contributed by atoms with E-state index in [4.69, 9.17) is 4.42 Å². The highest BCUT2D eigenvalue weighted by molar-refractivity contribution is 14.1. The van der Waals surface area contributed by atoms with Gasteiger partial charge in [0, 0.05) is 13.0 Å². The lowest BCUT2D eigenvalue weighted by atomic mass is 10.2. The number of halogens is 5. The van der Waals surface area contributed by atoms with Gasteiger partial charge < -0.3 is 14.3 Å². The quantitative estimate of drug-likeness (QED) is 0.212. The average Bonchev–Trinajstić information content (AvgIpc) is 2.94. The zero-order chi connectivity index (χ0) is 19.5. The number of hydrogen-bond acceptors (Lipinski definition) is 6. The molecule has 6 nitrogen and oxygen atoms in total. The van der Waals surface area contributed by atoms with Crippen molar-refractivity contribution < 1.29 is 32.2 Å². The van der Waals surface area contributed by atoms with Crippen molar-refractivity contribution in [1.29, 1.82) is 0 Å². The van der Waals surface area contributed by atoms with Gasteiger partial charge in [0.05, 0.1) is 20.0 Å². The zero-order valence-electron chi connectivity index (χ0n) is 12.8. The molecule has 1 N–H and O–H groups in total. The molecule has 1 aromatic carbocycles. The molecule has 0 bridgehead atoms. The largest absolute Gasteiger partial charge is 0.573 e. The molecule has 0 radical (unpaired) electrons. The minimum Gasteiger partial charge on any atom is -0.503 e. The van der Waals surface area contributed by atoms with Crippen molar-refractivity contribution in [1.82, 2.24) is 0 Å². The third-order valence-corrected chi connectivity index (χ3v) is 4.31. The van der Waals surface area contributed by atoms with Gasteiger partial charge in [-0.25, -0.2) is 0 Å². The molecular weight excluding hydrogens is 536 g/mol. The van der Waals surface area contributed by atoms with Gasteiger partial charge in [-0.05, 0) is 56.7 Å². The summed E-state index contributed by atoms with van der Waals surface area (Å²) in [6, 6.07) is 5.24. The Balaban J connectivity index is 2.39. The predicted molar refractivity (Wildman–Crippen MR) is 97.0 cm³/mol. The van der Waals surface area contributed by atoms with Crippen molar-refractivity contribution >= 4 is 55.8 Å². The molecule has 0 unspecified atom stereocenters. The number of ether oxygens (including phenoxy) is 1. The van der Waals surface area contributed by atoms with Crippen LogP contribution in [0, 0.1) is 3.57 Å². The van der Waals surface area contributed by atoms with Crippen LogP contribution in [0.2, 0.25) is 0 Å². The third-order valence-electron chi connectivity index (χ3n) is 2.80. The minimum atomic E-state index is -4.86. The fourth-order valence-corrected chi connectivity index (χ4v) is 2.55. The SMILES string of the molecule is CC(=O)C(N=Nc1ccc(I)c(OC(F)(F)F)c1)=C(O)c1occc1Br. The van der Waals surface area contributed by atoms with Gasteiger partial charge >= 0.3 is 6.36 Å². The molecule has 2 rings (SSSR count). The maximum atomic E-state index is 12.4. The number of Topliss-reactive ketones (excluding diaryl/α,β-unsaturated/α-hetero) is 1. The summed E-state index contributed by atoms with van der Waals surface area (Å²) < 4.78 is 46.7. The van der Waals surface area contributed by atoms with Crippen molar-refractivity contribution in [3.63, 3.8) is 0 Å². The first-order valence-corrected chi connectivity index (χ1v) is 8.60. The normalized spacial score (nSPS) is 13.0. The van der Waals surface area contributed by atoms with Crippen LogP contribution in [0.4, 0.5) is 18.9 Å². The number of aliphatic hydroxyl groups is 1. The first-order chi connectivity index (χ1) is 12.1. The van der Waals surface area contributed by atoms with Crippen LogP contribution >= 0.6 is 38.5 Å². The summed E-state index contributed by atoms with van der Waals surface area (Å²) in [7, 11) is 0. The summed E-state index contributed by atoms with van der Waals surface area (Å²) in [5.41, 5.74) is -0.424. The number of rotatable bonds is 5. The van der Waals surface area contributed by atoms with E-state index in [9.17, 15) is 23.1 Å². The molecule has 0 amide bonds. The van der Waals surface area contributed by atoms with Crippen molar-refractivity contribution in [2.24, 2.45) is 10.2 Å². The second-order valence-corrected chi connectivity index (χ2v) is 6.73. The summed E-state index contributed by atoms with van der Waals surface area (Å²) in [5.74, 6) is -1.67. The van der Waals surface area contributed by atoms with Gasteiger partial charge in [-0.3, -0.25) is 4.79 Å². The standard InChI is InChI=1S/C15H9BrF3IN2O4/c1-7(23)12(13(24)14-9(16)4-5-25-14)22-21-8-2-3-10(20)11(6-8)26-15(17,18)19/h2-6,24H,1H3. The van der Waals surface area contributed by atoms with E-state index in [1.54, 1.807) is 22.6 Å². The Morgan fingerprint density at radius 3 is 2.58 bits per heavy atom. The fourth-order valence-electron chi connectivity index (χ4n) is 1.72. The van der Waals surface area contributed by atoms with Crippen LogP contribution in [-0.4, -0.2) is 17.3 Å². The van der Waals surface area contributed by atoms with Crippen molar-refractivity contribution in [3.05, 3.63) is 50.0 Å². The predicted octanol–water partition coefficient (Wildman–Crippen LogP) is 6.14. The van der Waals surface area contributed by atoms with E-state index in [0.29, 0.717) is 4.47 Å². The van der Waals surface area contributed by atoms with Crippen LogP contribution < -0.4 is 4.74 Å². The summed E-state index contributed by atoms with van der Waals surface area (Å²) in [5, 5.41) is 17.5. The molecule has 1 heterocycles. The smallest absolute Gasteiger partial charge is 0.503 e. The van der Waals surface area contributed by atoms with Gasteiger partial charge in [0.25, 0.3) is 0 Å². The lowest BCUT2D eigenvalue weighted by Gasteiger charge is -2.10. The molecule has 0 aliphatic rings. The number of carbonyl (C=O) groups excluding carboxylic acids is 1. The van der Waals surface area contributed by atoms with Gasteiger partial charge in [0.1, 0.15) is 5.75 Å². The van der Waals surface area contributed by atoms with Crippen molar-refractivity contribution in [2.75, 3.05) is 0 Å². The van der Waals surface area contributed by atoms with Gasteiger partial charge in [-0.2, -0.15) is 5.11 Å². The summed E-state index contributed by atoms with van der Waals surface area (Å²) in [4.78, 5) is 11.7. The molecule has 138 valence electrons. The van der Waals surface area contributed by atoms with E-state index < -0.39 is 29.4 Å². The number of hydrogen-bond donors (Lipinski definition) is 1. The highest BCUT2D eigenvalue weighted by Gasteiger charge is 2.32. The van der Waals surface area contributed by atoms with Crippen molar-refractivity contribution in [2.45, 2.75) is 13.3 Å². The van der Waals surface area contributed by atoms with Crippen LogP contribution in [0.3, 0.4) is 0 Å². The summed E-state index contributed by atoms with van der Waals surface area (Å²) >= 11 is 4.80. The van der Waals surface area contributed by atoms with Gasteiger partial charge in [-0.15, -0.1) is 18.3 Å². The van der Waals surface area contributed by atoms with Crippen LogP contribution in [0.1, 0.15) is 12.7 Å². The van der Waals surface area contributed by atoms with E-state index in [1.165, 1.54) is 24.5 Å². The van der Waals surface area contributed by atoms with E-state index in [-0.39, 0.29) is 15.0 Å². The number of nitrogens with zero attached hydrogens (tertiary/aromatic N) is 2. The topological polar surface area (TPSA) is 84.4 Å². The zero-order valence-corrected chi connectivity index (χ0v) is 16.6. The Morgan fingerprint density at radius 2 is 2.04 bits per heavy atom. The molecule has 0 fully saturated rings. The number of alkyl halides is 3. The molecule has 0 saturated carbocycles. The molecule has 26 heavy (non-hydrogen) atoms. The van der Waals surface area contributed by atoms with E-state index in [2.05, 4.69) is 30.9 Å². The number of carbonyl (C=O) groups is 1. The Labute approximate surface area is 167 Å². The number of benzene rings is 1. The number of aliphatic hydroxyl groups excluding tert-OH is 1. The first-order valence-electron chi connectivity index (χ1n) is 6.73. The second kappa shape index (κ2) is 8.20. The van der Waals surface area contributed by atoms with Gasteiger partial charge in [0.15, 0.2) is 23.0 Å². The van der Waals surface area contributed by atoms with E-state index in [1.807, 2.05) is 0 Å². The second-order valence-electron chi connectivity index (χ2n) is 4.71. The highest BCUT2D eigenvalue weighted by atomic mass is 127. The van der Waals surface area contributed by atoms with E-state index in [0.717, 1.165) is 13.0 Å². The maximum absolute atomic E-state index is 12.4. The molecule has 0 atom stereocenters. The van der Waals surface area contributed by atoms with Gasteiger partial charge in [-0.1, -0.05) is 0 Å². The molecular formula is C15H9BrF3IN2O4. The molecule has 11 heteroatoms. The Morgan fingerprint density at radius 1 is 1.35 bits per heavy atom.